The van der Waals surface area contributed by atoms with Crippen LogP contribution in [0.1, 0.15) is 31.4 Å². The van der Waals surface area contributed by atoms with Crippen LogP contribution in [-0.4, -0.2) is 61.6 Å². The highest BCUT2D eigenvalue weighted by Crippen LogP contribution is 2.72. The van der Waals surface area contributed by atoms with E-state index >= 15 is 0 Å². The van der Waals surface area contributed by atoms with Gasteiger partial charge in [0.15, 0.2) is 0 Å². The number of likely N-dealkylation sites (tertiary alicyclic amines) is 1. The molecule has 2 N–H and O–H groups in total. The van der Waals surface area contributed by atoms with E-state index < -0.39 is 46.0 Å². The molecule has 3 heterocycles. The Kier molecular flexibility index (Phi) is 6.63. The maximum absolute atomic E-state index is 14.5. The zero-order valence-electron chi connectivity index (χ0n) is 20.4. The van der Waals surface area contributed by atoms with Gasteiger partial charge in [0.2, 0.25) is 5.91 Å². The molecule has 0 aliphatic carbocycles. The number of carboxylic acids is 1. The van der Waals surface area contributed by atoms with Crippen LogP contribution in [0.25, 0.3) is 0 Å². The minimum absolute atomic E-state index is 0.194. The van der Waals surface area contributed by atoms with E-state index in [1.165, 1.54) is 16.7 Å². The first-order valence-corrected chi connectivity index (χ1v) is 13.5. The molecule has 0 aromatic heterocycles. The van der Waals surface area contributed by atoms with E-state index in [0.717, 1.165) is 0 Å². The highest BCUT2D eigenvalue weighted by molar-refractivity contribution is 8.02. The number of anilines is 1. The third-order valence-corrected chi connectivity index (χ3v) is 10.4. The Bertz CT molecular complexity index is 1240. The monoisotopic (exact) mass is 540 g/mol. The van der Waals surface area contributed by atoms with Gasteiger partial charge in [-0.25, -0.2) is 0 Å². The SMILES string of the molecule is C=CCN(C(=O)C1N([C@H](CO)c2ccccc2)C(=O)[C@@H]2[C@H](C(=O)O)[C@]3(C)CCC12S3)c1ccc(Cl)cc1. The first kappa shape index (κ1) is 25.8. The lowest BCUT2D eigenvalue weighted by Gasteiger charge is -2.39. The van der Waals surface area contributed by atoms with Crippen molar-refractivity contribution in [3.05, 3.63) is 77.8 Å². The molecule has 2 aromatic carbocycles. The molecule has 3 fully saturated rings. The normalized spacial score (nSPS) is 30.7. The molecular formula is C28H29ClN2O5S. The molecule has 2 unspecified atom stereocenters. The first-order valence-electron chi connectivity index (χ1n) is 12.3. The van der Waals surface area contributed by atoms with Crippen LogP contribution >= 0.6 is 23.4 Å². The second kappa shape index (κ2) is 9.49. The number of aliphatic carboxylic acids is 1. The van der Waals surface area contributed by atoms with E-state index in [0.29, 0.717) is 29.1 Å². The van der Waals surface area contributed by atoms with Crippen molar-refractivity contribution in [3.8, 4) is 0 Å². The Labute approximate surface area is 225 Å². The summed E-state index contributed by atoms with van der Waals surface area (Å²) in [5.41, 5.74) is 1.28. The van der Waals surface area contributed by atoms with Gasteiger partial charge in [-0.15, -0.1) is 18.3 Å². The summed E-state index contributed by atoms with van der Waals surface area (Å²) in [6.07, 6.45) is 2.74. The molecule has 6 atom stereocenters. The number of aliphatic hydroxyl groups is 1. The largest absolute Gasteiger partial charge is 0.481 e. The van der Waals surface area contributed by atoms with Gasteiger partial charge in [0, 0.05) is 22.0 Å². The number of aliphatic hydroxyl groups excluding tert-OH is 1. The number of nitrogens with zero attached hydrogens (tertiary/aromatic N) is 2. The molecule has 194 valence electrons. The molecule has 2 aromatic rings. The zero-order chi connectivity index (χ0) is 26.5. The van der Waals surface area contributed by atoms with Crippen molar-refractivity contribution < 1.29 is 24.6 Å². The summed E-state index contributed by atoms with van der Waals surface area (Å²) < 4.78 is -1.57. The lowest BCUT2D eigenvalue weighted by Crippen LogP contribution is -2.56. The van der Waals surface area contributed by atoms with Crippen molar-refractivity contribution in [3.63, 3.8) is 0 Å². The summed E-state index contributed by atoms with van der Waals surface area (Å²) in [5.74, 6) is -3.52. The van der Waals surface area contributed by atoms with E-state index in [-0.39, 0.29) is 18.4 Å². The molecule has 2 bridgehead atoms. The van der Waals surface area contributed by atoms with Crippen LogP contribution in [0.15, 0.2) is 67.3 Å². The Balaban J connectivity index is 1.67. The van der Waals surface area contributed by atoms with Gasteiger partial charge in [0.1, 0.15) is 6.04 Å². The molecule has 0 saturated carbocycles. The third kappa shape index (κ3) is 3.88. The lowest BCUT2D eigenvalue weighted by atomic mass is 9.66. The highest BCUT2D eigenvalue weighted by atomic mass is 35.5. The second-order valence-corrected chi connectivity index (χ2v) is 12.5. The summed E-state index contributed by atoms with van der Waals surface area (Å²) in [6, 6.07) is 14.2. The molecule has 3 aliphatic rings. The maximum Gasteiger partial charge on any atom is 0.308 e. The number of carbonyl (C=O) groups is 3. The number of carbonyl (C=O) groups excluding carboxylic acids is 2. The fourth-order valence-corrected chi connectivity index (χ4v) is 9.06. The van der Waals surface area contributed by atoms with Crippen LogP contribution in [0.2, 0.25) is 5.02 Å². The Morgan fingerprint density at radius 2 is 1.89 bits per heavy atom. The first-order chi connectivity index (χ1) is 17.7. The fraction of sp³-hybridized carbons (Fsp3) is 0.393. The van der Waals surface area contributed by atoms with E-state index in [9.17, 15) is 24.6 Å². The standard InChI is InChI=1S/C28H29ClN2O5S/c1-3-15-30(19-11-9-18(29)10-12-19)25(34)23-28-14-13-27(2,37-28)22(26(35)36)21(28)24(33)31(23)20(16-32)17-7-5-4-6-8-17/h3-12,20-23,32H,1,13-16H2,2H3,(H,35,36)/t20-,21+,22-,23?,27+,28?/m1/s1. The van der Waals surface area contributed by atoms with E-state index in [4.69, 9.17) is 11.6 Å². The number of rotatable bonds is 8. The zero-order valence-corrected chi connectivity index (χ0v) is 22.0. The minimum Gasteiger partial charge on any atom is -0.481 e. The van der Waals surface area contributed by atoms with Gasteiger partial charge >= 0.3 is 5.97 Å². The third-order valence-electron chi connectivity index (χ3n) is 8.12. The molecule has 0 radical (unpaired) electrons. The molecular weight excluding hydrogens is 512 g/mol. The lowest BCUT2D eigenvalue weighted by molar-refractivity contribution is -0.150. The summed E-state index contributed by atoms with van der Waals surface area (Å²) in [4.78, 5) is 44.3. The summed E-state index contributed by atoms with van der Waals surface area (Å²) in [6.45, 7) is 5.51. The van der Waals surface area contributed by atoms with Crippen molar-refractivity contribution in [2.24, 2.45) is 11.8 Å². The smallest absolute Gasteiger partial charge is 0.308 e. The van der Waals surface area contributed by atoms with Crippen molar-refractivity contribution in [2.45, 2.75) is 41.3 Å². The molecule has 3 aliphatic heterocycles. The number of fused-ring (bicyclic) bond motifs is 1. The van der Waals surface area contributed by atoms with Crippen LogP contribution < -0.4 is 4.90 Å². The van der Waals surface area contributed by atoms with Gasteiger partial charge in [-0.3, -0.25) is 14.4 Å². The van der Waals surface area contributed by atoms with Crippen molar-refractivity contribution in [1.82, 2.24) is 4.90 Å². The van der Waals surface area contributed by atoms with Crippen LogP contribution in [0.5, 0.6) is 0 Å². The van der Waals surface area contributed by atoms with Crippen molar-refractivity contribution in [2.75, 3.05) is 18.1 Å². The van der Waals surface area contributed by atoms with Crippen LogP contribution in [-0.2, 0) is 14.4 Å². The molecule has 7 nitrogen and oxygen atoms in total. The quantitative estimate of drug-likeness (QED) is 0.488. The van der Waals surface area contributed by atoms with Crippen LogP contribution in [0.3, 0.4) is 0 Å². The van der Waals surface area contributed by atoms with Crippen LogP contribution in [0, 0.1) is 11.8 Å². The number of carboxylic acid groups (broad SMARTS) is 1. The minimum atomic E-state index is -1.02. The van der Waals surface area contributed by atoms with Gasteiger partial charge in [0.25, 0.3) is 5.91 Å². The summed E-state index contributed by atoms with van der Waals surface area (Å²) in [5, 5.41) is 21.3. The molecule has 37 heavy (non-hydrogen) atoms. The number of benzene rings is 2. The predicted octanol–water partition coefficient (Wildman–Crippen LogP) is 4.16. The molecule has 9 heteroatoms. The number of thioether (sulfide) groups is 1. The van der Waals surface area contributed by atoms with E-state index in [1.54, 1.807) is 35.2 Å². The van der Waals surface area contributed by atoms with Gasteiger partial charge in [-0.05, 0) is 49.6 Å². The molecule has 5 rings (SSSR count). The Hall–Kier alpha value is -2.81. The average molecular weight is 541 g/mol. The van der Waals surface area contributed by atoms with Crippen LogP contribution in [0.4, 0.5) is 5.69 Å². The molecule has 3 saturated heterocycles. The highest BCUT2D eigenvalue weighted by Gasteiger charge is 2.78. The Morgan fingerprint density at radius 3 is 2.49 bits per heavy atom. The predicted molar refractivity (Wildman–Crippen MR) is 143 cm³/mol. The van der Waals surface area contributed by atoms with Gasteiger partial charge in [0.05, 0.1) is 29.2 Å². The number of hydrogen-bond acceptors (Lipinski definition) is 5. The topological polar surface area (TPSA) is 98.2 Å². The van der Waals surface area contributed by atoms with Crippen molar-refractivity contribution in [1.29, 1.82) is 0 Å². The average Bonchev–Trinajstić information content (AvgIpc) is 3.45. The molecule has 2 amide bonds. The van der Waals surface area contributed by atoms with Crippen molar-refractivity contribution >= 4 is 46.8 Å². The van der Waals surface area contributed by atoms with E-state index in [1.807, 2.05) is 37.3 Å². The van der Waals surface area contributed by atoms with E-state index in [2.05, 4.69) is 6.58 Å². The maximum atomic E-state index is 14.5. The van der Waals surface area contributed by atoms with Gasteiger partial charge in [-0.1, -0.05) is 48.0 Å². The van der Waals surface area contributed by atoms with Gasteiger partial charge < -0.3 is 20.0 Å². The number of halogens is 1. The van der Waals surface area contributed by atoms with Gasteiger partial charge in [-0.2, -0.15) is 0 Å². The summed E-state index contributed by atoms with van der Waals surface area (Å²) in [7, 11) is 0. The summed E-state index contributed by atoms with van der Waals surface area (Å²) >= 11 is 7.56. The second-order valence-electron chi connectivity index (χ2n) is 10.1. The molecule has 1 spiro atoms. The fourth-order valence-electron chi connectivity index (χ4n) is 6.60. The number of amides is 2. The number of hydrogen-bond donors (Lipinski definition) is 2. The Morgan fingerprint density at radius 1 is 1.22 bits per heavy atom.